The number of rotatable bonds is 22. The number of hydrogen-bond acceptors (Lipinski definition) is 9. The molecule has 196 valence electrons. The number of hydrogen-bond donors (Lipinski definition) is 1. The summed E-state index contributed by atoms with van der Waals surface area (Å²) in [6, 6.07) is 0. The summed E-state index contributed by atoms with van der Waals surface area (Å²) in [7, 11) is 0. The minimum absolute atomic E-state index is 0.0253. The van der Waals surface area contributed by atoms with Crippen LogP contribution in [-0.4, -0.2) is 94.0 Å². The van der Waals surface area contributed by atoms with Crippen LogP contribution in [0.4, 0.5) is 0 Å². The first-order valence-corrected chi connectivity index (χ1v) is 12.3. The number of hydroxylamine groups is 2. The molecular formula is C22H37ClN2O9. The third-order valence-electron chi connectivity index (χ3n) is 4.61. The van der Waals surface area contributed by atoms with Gasteiger partial charge in [-0.15, -0.1) is 16.7 Å². The second-order valence-electron chi connectivity index (χ2n) is 7.45. The maximum atomic E-state index is 11.7. The average molecular weight is 509 g/mol. The van der Waals surface area contributed by atoms with Crippen LogP contribution in [0, 0.1) is 0 Å². The predicted octanol–water partition coefficient (Wildman–Crippen LogP) is 1.36. The molecule has 11 nitrogen and oxygen atoms in total. The van der Waals surface area contributed by atoms with Gasteiger partial charge in [-0.25, -0.2) is 4.79 Å². The Labute approximate surface area is 205 Å². The first kappa shape index (κ1) is 30.2. The van der Waals surface area contributed by atoms with Gasteiger partial charge in [-0.05, 0) is 12.8 Å². The van der Waals surface area contributed by atoms with Crippen molar-refractivity contribution >= 4 is 35.3 Å². The number of amides is 3. The smallest absolute Gasteiger partial charge is 0.333 e. The van der Waals surface area contributed by atoms with Gasteiger partial charge in [-0.3, -0.25) is 14.4 Å². The molecule has 3 amide bonds. The SMILES string of the molecule is O=C(CCC(=O)ON1C(=O)CCC1=O)NCCOCCOCCOCCOCCCCCCCl. The zero-order valence-corrected chi connectivity index (χ0v) is 20.5. The van der Waals surface area contributed by atoms with Gasteiger partial charge in [0.2, 0.25) is 5.91 Å². The molecule has 0 saturated carbocycles. The van der Waals surface area contributed by atoms with E-state index >= 15 is 0 Å². The highest BCUT2D eigenvalue weighted by atomic mass is 35.5. The Morgan fingerprint density at radius 3 is 1.85 bits per heavy atom. The quantitative estimate of drug-likeness (QED) is 0.131. The first-order chi connectivity index (χ1) is 16.5. The van der Waals surface area contributed by atoms with Gasteiger partial charge in [0, 0.05) is 38.3 Å². The van der Waals surface area contributed by atoms with Crippen molar-refractivity contribution in [2.75, 3.05) is 65.3 Å². The summed E-state index contributed by atoms with van der Waals surface area (Å²) < 4.78 is 21.6. The number of carbonyl (C=O) groups is 4. The van der Waals surface area contributed by atoms with E-state index < -0.39 is 17.8 Å². The summed E-state index contributed by atoms with van der Waals surface area (Å²) in [6.45, 7) is 4.18. The molecule has 1 saturated heterocycles. The van der Waals surface area contributed by atoms with E-state index in [2.05, 4.69) is 10.2 Å². The predicted molar refractivity (Wildman–Crippen MR) is 122 cm³/mol. The molecule has 1 rings (SSSR count). The van der Waals surface area contributed by atoms with Crippen molar-refractivity contribution in [3.63, 3.8) is 0 Å². The molecule has 1 heterocycles. The Hall–Kier alpha value is -1.79. The van der Waals surface area contributed by atoms with Gasteiger partial charge >= 0.3 is 5.97 Å². The number of nitrogens with zero attached hydrogens (tertiary/aromatic N) is 1. The van der Waals surface area contributed by atoms with E-state index in [1.807, 2.05) is 0 Å². The van der Waals surface area contributed by atoms with E-state index in [-0.39, 0.29) is 38.1 Å². The number of nitrogens with one attached hydrogen (secondary N) is 1. The molecule has 34 heavy (non-hydrogen) atoms. The number of unbranched alkanes of at least 4 members (excludes halogenated alkanes) is 3. The van der Waals surface area contributed by atoms with Crippen LogP contribution < -0.4 is 5.32 Å². The monoisotopic (exact) mass is 508 g/mol. The number of ether oxygens (including phenoxy) is 4. The minimum Gasteiger partial charge on any atom is -0.379 e. The lowest BCUT2D eigenvalue weighted by atomic mass is 10.2. The van der Waals surface area contributed by atoms with Gasteiger partial charge < -0.3 is 29.1 Å². The van der Waals surface area contributed by atoms with Crippen molar-refractivity contribution in [1.29, 1.82) is 0 Å². The van der Waals surface area contributed by atoms with Crippen molar-refractivity contribution in [3.05, 3.63) is 0 Å². The topological polar surface area (TPSA) is 130 Å². The number of halogens is 1. The van der Waals surface area contributed by atoms with E-state index in [4.69, 9.17) is 30.5 Å². The van der Waals surface area contributed by atoms with Gasteiger partial charge in [0.15, 0.2) is 0 Å². The van der Waals surface area contributed by atoms with Crippen molar-refractivity contribution in [2.45, 2.75) is 51.4 Å². The van der Waals surface area contributed by atoms with E-state index in [0.29, 0.717) is 51.3 Å². The van der Waals surface area contributed by atoms with Crippen molar-refractivity contribution in [3.8, 4) is 0 Å². The molecule has 0 atom stereocenters. The van der Waals surface area contributed by atoms with Crippen LogP contribution in [0.2, 0.25) is 0 Å². The Bertz CT molecular complexity index is 591. The van der Waals surface area contributed by atoms with Crippen LogP contribution in [0.3, 0.4) is 0 Å². The van der Waals surface area contributed by atoms with Crippen molar-refractivity contribution in [2.24, 2.45) is 0 Å². The highest BCUT2D eigenvalue weighted by Crippen LogP contribution is 2.12. The van der Waals surface area contributed by atoms with Gasteiger partial charge in [0.1, 0.15) is 0 Å². The zero-order chi connectivity index (χ0) is 24.9. The molecule has 1 aliphatic heterocycles. The fourth-order valence-corrected chi connectivity index (χ4v) is 2.97. The third-order valence-corrected chi connectivity index (χ3v) is 4.88. The number of alkyl halides is 1. The summed E-state index contributed by atoms with van der Waals surface area (Å²) in [5, 5.41) is 3.07. The summed E-state index contributed by atoms with van der Waals surface area (Å²) in [5.74, 6) is -1.55. The maximum absolute atomic E-state index is 11.7. The molecular weight excluding hydrogens is 472 g/mol. The lowest BCUT2D eigenvalue weighted by Gasteiger charge is -2.12. The van der Waals surface area contributed by atoms with Crippen LogP contribution in [0.5, 0.6) is 0 Å². The van der Waals surface area contributed by atoms with E-state index in [1.165, 1.54) is 0 Å². The van der Waals surface area contributed by atoms with E-state index in [9.17, 15) is 19.2 Å². The Morgan fingerprint density at radius 2 is 1.26 bits per heavy atom. The fraction of sp³-hybridized carbons (Fsp3) is 0.818. The highest BCUT2D eigenvalue weighted by molar-refractivity contribution is 6.17. The number of carbonyl (C=O) groups excluding carboxylic acids is 4. The maximum Gasteiger partial charge on any atom is 0.333 e. The third kappa shape index (κ3) is 15.9. The summed E-state index contributed by atoms with van der Waals surface area (Å²) in [4.78, 5) is 50.8. The minimum atomic E-state index is -0.808. The van der Waals surface area contributed by atoms with Crippen LogP contribution in [0.25, 0.3) is 0 Å². The lowest BCUT2D eigenvalue weighted by molar-refractivity contribution is -0.197. The Kier molecular flexibility index (Phi) is 18.3. The molecule has 0 radical (unpaired) electrons. The Balaban J connectivity index is 1.80. The van der Waals surface area contributed by atoms with Crippen LogP contribution in [0.1, 0.15) is 51.4 Å². The molecule has 0 aromatic heterocycles. The highest BCUT2D eigenvalue weighted by Gasteiger charge is 2.32. The summed E-state index contributed by atoms with van der Waals surface area (Å²) in [6.07, 6.45) is 4.09. The van der Waals surface area contributed by atoms with Crippen molar-refractivity contribution in [1.82, 2.24) is 10.4 Å². The largest absolute Gasteiger partial charge is 0.379 e. The van der Waals surface area contributed by atoms with Crippen molar-refractivity contribution < 1.29 is 43.0 Å². The fourth-order valence-electron chi connectivity index (χ4n) is 2.79. The first-order valence-electron chi connectivity index (χ1n) is 11.7. The molecule has 1 aliphatic rings. The molecule has 0 spiro atoms. The second kappa shape index (κ2) is 20.6. The summed E-state index contributed by atoms with van der Waals surface area (Å²) in [5.41, 5.74) is 0. The van der Waals surface area contributed by atoms with Crippen LogP contribution in [-0.2, 0) is 43.0 Å². The molecule has 1 N–H and O–H groups in total. The zero-order valence-electron chi connectivity index (χ0n) is 19.7. The van der Waals surface area contributed by atoms with E-state index in [1.54, 1.807) is 0 Å². The van der Waals surface area contributed by atoms with Crippen LogP contribution >= 0.6 is 11.6 Å². The summed E-state index contributed by atoms with van der Waals surface area (Å²) >= 11 is 5.62. The normalized spacial score (nSPS) is 13.5. The van der Waals surface area contributed by atoms with Gasteiger partial charge in [0.25, 0.3) is 11.8 Å². The Morgan fingerprint density at radius 1 is 0.735 bits per heavy atom. The molecule has 0 aromatic rings. The molecule has 0 aliphatic carbocycles. The standard InChI is InChI=1S/C22H37ClN2O9/c23-9-3-1-2-4-11-30-13-15-32-17-18-33-16-14-31-12-10-24-19(26)5-8-22(29)34-25-20(27)6-7-21(25)28/h1-18H2,(H,24,26). The molecule has 0 aromatic carbocycles. The van der Waals surface area contributed by atoms with Gasteiger partial charge in [-0.1, -0.05) is 12.8 Å². The lowest BCUT2D eigenvalue weighted by Crippen LogP contribution is -2.33. The molecule has 0 bridgehead atoms. The average Bonchev–Trinajstić information content (AvgIpc) is 3.14. The van der Waals surface area contributed by atoms with E-state index in [0.717, 1.165) is 38.2 Å². The molecule has 1 fully saturated rings. The van der Waals surface area contributed by atoms with Crippen LogP contribution in [0.15, 0.2) is 0 Å². The van der Waals surface area contributed by atoms with Gasteiger partial charge in [-0.2, -0.15) is 0 Å². The van der Waals surface area contributed by atoms with Gasteiger partial charge in [0.05, 0.1) is 52.7 Å². The molecule has 0 unspecified atom stereocenters. The number of imide groups is 1. The molecule has 12 heteroatoms. The second-order valence-corrected chi connectivity index (χ2v) is 7.83.